The van der Waals surface area contributed by atoms with Crippen molar-refractivity contribution in [3.8, 4) is 11.8 Å². The quantitative estimate of drug-likeness (QED) is 0.921. The first kappa shape index (κ1) is 16.6. The third kappa shape index (κ3) is 3.46. The molecule has 2 saturated heterocycles. The average molecular weight is 330 g/mol. The van der Waals surface area contributed by atoms with Crippen molar-refractivity contribution in [2.45, 2.75) is 37.2 Å². The SMILES string of the molecule is N#CC1(c2ccc(OC3CCN(C(=O)O)CC3)cc2)CCOCC1. The molecule has 0 spiro atoms. The highest BCUT2D eigenvalue weighted by Crippen LogP contribution is 2.35. The lowest BCUT2D eigenvalue weighted by molar-refractivity contribution is 0.0675. The Hall–Kier alpha value is -2.26. The highest BCUT2D eigenvalue weighted by molar-refractivity contribution is 5.65. The van der Waals surface area contributed by atoms with Gasteiger partial charge in [0.05, 0.1) is 11.5 Å². The molecule has 6 heteroatoms. The fourth-order valence-corrected chi connectivity index (χ4v) is 3.39. The van der Waals surface area contributed by atoms with Gasteiger partial charge in [-0.1, -0.05) is 12.1 Å². The van der Waals surface area contributed by atoms with Crippen molar-refractivity contribution in [3.05, 3.63) is 29.8 Å². The van der Waals surface area contributed by atoms with Crippen molar-refractivity contribution in [3.63, 3.8) is 0 Å². The van der Waals surface area contributed by atoms with Crippen LogP contribution in [0.25, 0.3) is 0 Å². The summed E-state index contributed by atoms with van der Waals surface area (Å²) in [6.07, 6.45) is 2.02. The lowest BCUT2D eigenvalue weighted by Crippen LogP contribution is -2.41. The minimum atomic E-state index is -0.865. The highest BCUT2D eigenvalue weighted by Gasteiger charge is 2.34. The predicted octanol–water partition coefficient (Wildman–Crippen LogP) is 2.78. The molecule has 24 heavy (non-hydrogen) atoms. The number of likely N-dealkylation sites (tertiary alicyclic amines) is 1. The molecule has 2 fully saturated rings. The van der Waals surface area contributed by atoms with Gasteiger partial charge in [0.25, 0.3) is 0 Å². The number of hydrogen-bond donors (Lipinski definition) is 1. The predicted molar refractivity (Wildman–Crippen MR) is 87.0 cm³/mol. The molecule has 0 atom stereocenters. The van der Waals surface area contributed by atoms with Gasteiger partial charge in [-0.15, -0.1) is 0 Å². The van der Waals surface area contributed by atoms with Gasteiger partial charge >= 0.3 is 6.09 Å². The van der Waals surface area contributed by atoms with Crippen molar-refractivity contribution in [1.82, 2.24) is 4.90 Å². The Bertz CT molecular complexity index is 609. The fourth-order valence-electron chi connectivity index (χ4n) is 3.39. The van der Waals surface area contributed by atoms with Crippen LogP contribution in [0.4, 0.5) is 4.79 Å². The van der Waals surface area contributed by atoms with E-state index in [2.05, 4.69) is 6.07 Å². The standard InChI is InChI=1S/C18H22N2O4/c19-13-18(7-11-23-12-8-18)14-1-3-15(4-2-14)24-16-5-9-20(10-6-16)17(21)22/h1-4,16H,5-12H2,(H,21,22). The van der Waals surface area contributed by atoms with Crippen LogP contribution in [-0.4, -0.2) is 48.5 Å². The lowest BCUT2D eigenvalue weighted by atomic mass is 9.75. The van der Waals surface area contributed by atoms with E-state index in [1.165, 1.54) is 4.90 Å². The molecule has 0 saturated carbocycles. The van der Waals surface area contributed by atoms with Gasteiger partial charge in [-0.05, 0) is 30.5 Å². The molecule has 6 nitrogen and oxygen atoms in total. The third-order valence-corrected chi connectivity index (χ3v) is 4.98. The number of benzene rings is 1. The molecule has 0 radical (unpaired) electrons. The largest absolute Gasteiger partial charge is 0.490 e. The van der Waals surface area contributed by atoms with Gasteiger partial charge < -0.3 is 19.5 Å². The summed E-state index contributed by atoms with van der Waals surface area (Å²) >= 11 is 0. The zero-order valence-electron chi connectivity index (χ0n) is 13.6. The van der Waals surface area contributed by atoms with Crippen molar-refractivity contribution in [2.24, 2.45) is 0 Å². The van der Waals surface area contributed by atoms with Crippen molar-refractivity contribution >= 4 is 6.09 Å². The van der Waals surface area contributed by atoms with Crippen LogP contribution in [-0.2, 0) is 10.2 Å². The first-order chi connectivity index (χ1) is 11.6. The molecule has 1 aromatic carbocycles. The number of carboxylic acid groups (broad SMARTS) is 1. The summed E-state index contributed by atoms with van der Waals surface area (Å²) in [5.41, 5.74) is 0.560. The number of piperidine rings is 1. The van der Waals surface area contributed by atoms with Crippen LogP contribution >= 0.6 is 0 Å². The van der Waals surface area contributed by atoms with E-state index in [1.54, 1.807) is 0 Å². The van der Waals surface area contributed by atoms with E-state index in [1.807, 2.05) is 24.3 Å². The minimum Gasteiger partial charge on any atom is -0.490 e. The maximum absolute atomic E-state index is 10.9. The molecular weight excluding hydrogens is 308 g/mol. The Kier molecular flexibility index (Phi) is 4.91. The smallest absolute Gasteiger partial charge is 0.407 e. The Morgan fingerprint density at radius 2 is 1.88 bits per heavy atom. The second-order valence-corrected chi connectivity index (χ2v) is 6.42. The molecule has 1 amide bonds. The monoisotopic (exact) mass is 330 g/mol. The molecule has 2 aliphatic heterocycles. The normalized spacial score (nSPS) is 21.0. The first-order valence-corrected chi connectivity index (χ1v) is 8.37. The number of rotatable bonds is 3. The zero-order chi connectivity index (χ0) is 17.0. The topological polar surface area (TPSA) is 82.8 Å². The first-order valence-electron chi connectivity index (χ1n) is 8.37. The third-order valence-electron chi connectivity index (χ3n) is 4.98. The van der Waals surface area contributed by atoms with Gasteiger partial charge in [0.2, 0.25) is 0 Å². The van der Waals surface area contributed by atoms with Crippen LogP contribution in [0.15, 0.2) is 24.3 Å². The van der Waals surface area contributed by atoms with E-state index in [-0.39, 0.29) is 6.10 Å². The van der Waals surface area contributed by atoms with Crippen LogP contribution < -0.4 is 4.74 Å². The number of nitrogens with zero attached hydrogens (tertiary/aromatic N) is 2. The molecule has 2 heterocycles. The van der Waals surface area contributed by atoms with Crippen LogP contribution in [0.1, 0.15) is 31.2 Å². The Morgan fingerprint density at radius 1 is 1.25 bits per heavy atom. The van der Waals surface area contributed by atoms with Crippen LogP contribution in [0, 0.1) is 11.3 Å². The second kappa shape index (κ2) is 7.10. The average Bonchev–Trinajstić information content (AvgIpc) is 2.63. The summed E-state index contributed by atoms with van der Waals surface area (Å²) < 4.78 is 11.3. The maximum atomic E-state index is 10.9. The molecule has 3 rings (SSSR count). The lowest BCUT2D eigenvalue weighted by Gasteiger charge is -2.32. The molecular formula is C18H22N2O4. The van der Waals surface area contributed by atoms with E-state index < -0.39 is 11.5 Å². The highest BCUT2D eigenvalue weighted by atomic mass is 16.5. The van der Waals surface area contributed by atoms with Gasteiger partial charge in [-0.3, -0.25) is 0 Å². The van der Waals surface area contributed by atoms with Gasteiger partial charge in [-0.2, -0.15) is 5.26 Å². The second-order valence-electron chi connectivity index (χ2n) is 6.42. The number of hydrogen-bond acceptors (Lipinski definition) is 4. The Labute approximate surface area is 141 Å². The summed E-state index contributed by atoms with van der Waals surface area (Å²) in [5.74, 6) is 0.771. The number of ether oxygens (including phenoxy) is 2. The molecule has 1 N–H and O–H groups in total. The van der Waals surface area contributed by atoms with Crippen molar-refractivity contribution < 1.29 is 19.4 Å². The summed E-state index contributed by atoms with van der Waals surface area (Å²) in [6, 6.07) is 10.2. The molecule has 0 unspecified atom stereocenters. The van der Waals surface area contributed by atoms with Crippen LogP contribution in [0.2, 0.25) is 0 Å². The zero-order valence-corrected chi connectivity index (χ0v) is 13.6. The minimum absolute atomic E-state index is 0.0412. The molecule has 0 bridgehead atoms. The molecule has 1 aromatic rings. The summed E-state index contributed by atoms with van der Waals surface area (Å²) in [4.78, 5) is 12.3. The van der Waals surface area contributed by atoms with E-state index in [9.17, 15) is 10.1 Å². The Morgan fingerprint density at radius 3 is 2.42 bits per heavy atom. The molecule has 0 aromatic heterocycles. The Balaban J connectivity index is 1.61. The van der Waals surface area contributed by atoms with E-state index >= 15 is 0 Å². The van der Waals surface area contributed by atoms with Gasteiger partial charge in [-0.25, -0.2) is 4.79 Å². The molecule has 128 valence electrons. The van der Waals surface area contributed by atoms with Crippen molar-refractivity contribution in [1.29, 1.82) is 5.26 Å². The van der Waals surface area contributed by atoms with E-state index in [0.29, 0.717) is 39.1 Å². The molecule has 2 aliphatic rings. The number of carbonyl (C=O) groups is 1. The van der Waals surface area contributed by atoms with Crippen LogP contribution in [0.3, 0.4) is 0 Å². The number of amides is 1. The summed E-state index contributed by atoms with van der Waals surface area (Å²) in [6.45, 7) is 2.26. The van der Waals surface area contributed by atoms with Crippen molar-refractivity contribution in [2.75, 3.05) is 26.3 Å². The fraction of sp³-hybridized carbons (Fsp3) is 0.556. The van der Waals surface area contributed by atoms with E-state index in [0.717, 1.165) is 24.2 Å². The van der Waals surface area contributed by atoms with Gasteiger partial charge in [0, 0.05) is 39.1 Å². The van der Waals surface area contributed by atoms with E-state index in [4.69, 9.17) is 14.6 Å². The summed E-state index contributed by atoms with van der Waals surface area (Å²) in [7, 11) is 0. The molecule has 0 aliphatic carbocycles. The number of nitriles is 1. The maximum Gasteiger partial charge on any atom is 0.407 e. The summed E-state index contributed by atoms with van der Waals surface area (Å²) in [5, 5.41) is 18.6. The van der Waals surface area contributed by atoms with Crippen LogP contribution in [0.5, 0.6) is 5.75 Å². The van der Waals surface area contributed by atoms with Gasteiger partial charge in [0.15, 0.2) is 0 Å². The van der Waals surface area contributed by atoms with Gasteiger partial charge in [0.1, 0.15) is 11.9 Å².